The maximum Gasteiger partial charge on any atom is 0.500 e. The van der Waals surface area contributed by atoms with Gasteiger partial charge < -0.3 is 22.8 Å². The number of hydrogen-bond acceptors (Lipinski definition) is 5. The highest BCUT2D eigenvalue weighted by Crippen LogP contribution is 2.35. The molecule has 1 heterocycles. The van der Waals surface area contributed by atoms with Crippen LogP contribution in [0.4, 0.5) is 0 Å². The molecular weight excluding hydrogens is 336 g/mol. The van der Waals surface area contributed by atoms with E-state index in [4.69, 9.17) is 22.8 Å². The van der Waals surface area contributed by atoms with Gasteiger partial charge in [0.25, 0.3) is 0 Å². The number of rotatable bonds is 9. The Labute approximate surface area is 152 Å². The molecule has 1 aromatic rings. The van der Waals surface area contributed by atoms with E-state index in [0.29, 0.717) is 12.5 Å². The topological polar surface area (TPSA) is 46.2 Å². The van der Waals surface area contributed by atoms with Crippen LogP contribution in [0.5, 0.6) is 5.75 Å². The summed E-state index contributed by atoms with van der Waals surface area (Å²) >= 11 is 0. The first-order chi connectivity index (χ1) is 11.9. The highest BCUT2D eigenvalue weighted by molar-refractivity contribution is 6.60. The zero-order valence-electron chi connectivity index (χ0n) is 16.4. The number of aryl methyl sites for hydroxylation is 1. The molecule has 0 N–H and O–H groups in total. The van der Waals surface area contributed by atoms with Crippen LogP contribution in [0.25, 0.3) is 0 Å². The van der Waals surface area contributed by atoms with E-state index in [-0.39, 0.29) is 0 Å². The second kappa shape index (κ2) is 8.64. The van der Waals surface area contributed by atoms with Gasteiger partial charge in [-0.1, -0.05) is 19.9 Å². The first-order valence-corrected chi connectivity index (χ1v) is 10.9. The van der Waals surface area contributed by atoms with E-state index in [1.165, 1.54) is 5.56 Å². The van der Waals surface area contributed by atoms with Gasteiger partial charge in [0.15, 0.2) is 0 Å². The fourth-order valence-corrected chi connectivity index (χ4v) is 5.12. The Balaban J connectivity index is 1.96. The van der Waals surface area contributed by atoms with Crippen LogP contribution in [0.2, 0.25) is 6.04 Å². The van der Waals surface area contributed by atoms with Gasteiger partial charge in [0.1, 0.15) is 5.75 Å². The fourth-order valence-electron chi connectivity index (χ4n) is 3.40. The monoisotopic (exact) mass is 368 g/mol. The Hall–Kier alpha value is -0.923. The lowest BCUT2D eigenvalue weighted by molar-refractivity contribution is -0.202. The molecule has 1 aromatic carbocycles. The summed E-state index contributed by atoms with van der Waals surface area (Å²) in [5.41, 5.74) is 2.39. The van der Waals surface area contributed by atoms with Gasteiger partial charge in [-0.05, 0) is 36.5 Å². The summed E-state index contributed by atoms with van der Waals surface area (Å²) in [5.74, 6) is 0.939. The number of hydrogen-bond donors (Lipinski definition) is 0. The summed E-state index contributed by atoms with van der Waals surface area (Å²) in [6.45, 7) is 6.98. The Morgan fingerprint density at radius 3 is 2.44 bits per heavy atom. The van der Waals surface area contributed by atoms with Crippen LogP contribution < -0.4 is 4.74 Å². The van der Waals surface area contributed by atoms with Crippen molar-refractivity contribution in [1.29, 1.82) is 0 Å². The molecule has 0 radical (unpaired) electrons. The van der Waals surface area contributed by atoms with Gasteiger partial charge in [-0.25, -0.2) is 0 Å². The van der Waals surface area contributed by atoms with E-state index in [9.17, 15) is 0 Å². The van der Waals surface area contributed by atoms with E-state index in [1.54, 1.807) is 21.3 Å². The highest BCUT2D eigenvalue weighted by atomic mass is 28.4. The third kappa shape index (κ3) is 5.28. The molecule has 0 fully saturated rings. The molecule has 1 aliphatic heterocycles. The maximum atomic E-state index is 6.12. The summed E-state index contributed by atoms with van der Waals surface area (Å²) in [4.78, 5) is 0. The maximum absolute atomic E-state index is 6.12. The first kappa shape index (κ1) is 20.4. The molecule has 1 unspecified atom stereocenters. The minimum atomic E-state index is -2.48. The zero-order chi connectivity index (χ0) is 18.5. The van der Waals surface area contributed by atoms with Crippen molar-refractivity contribution < 1.29 is 22.8 Å². The molecule has 0 spiro atoms. The van der Waals surface area contributed by atoms with Crippen molar-refractivity contribution in [3.63, 3.8) is 0 Å². The van der Waals surface area contributed by atoms with Gasteiger partial charge in [0.05, 0.1) is 6.61 Å². The SMILES string of the molecule is CO[Si](CCCc1ccc2c(c1)COC(C)(CC(C)C)O2)(OC)OC. The zero-order valence-corrected chi connectivity index (χ0v) is 17.4. The molecule has 0 aromatic heterocycles. The minimum Gasteiger partial charge on any atom is -0.462 e. The van der Waals surface area contributed by atoms with Crippen molar-refractivity contribution in [2.24, 2.45) is 5.92 Å². The second-order valence-electron chi connectivity index (χ2n) is 7.21. The molecule has 25 heavy (non-hydrogen) atoms. The molecule has 2 rings (SSSR count). The molecule has 5 nitrogen and oxygen atoms in total. The summed E-state index contributed by atoms with van der Waals surface area (Å²) in [6.07, 6.45) is 2.78. The lowest BCUT2D eigenvalue weighted by Crippen LogP contribution is -2.42. The molecule has 142 valence electrons. The van der Waals surface area contributed by atoms with Crippen LogP contribution in [-0.4, -0.2) is 35.9 Å². The third-order valence-electron chi connectivity index (χ3n) is 4.64. The lowest BCUT2D eigenvalue weighted by atomic mass is 10.0. The average Bonchev–Trinajstić information content (AvgIpc) is 2.58. The summed E-state index contributed by atoms with van der Waals surface area (Å²) in [7, 11) is 2.48. The Morgan fingerprint density at radius 1 is 1.16 bits per heavy atom. The van der Waals surface area contributed by atoms with E-state index in [2.05, 4.69) is 32.0 Å². The van der Waals surface area contributed by atoms with Crippen molar-refractivity contribution in [2.75, 3.05) is 21.3 Å². The average molecular weight is 369 g/mol. The number of ether oxygens (including phenoxy) is 2. The quantitative estimate of drug-likeness (QED) is 0.612. The van der Waals surface area contributed by atoms with Gasteiger partial charge in [0, 0.05) is 46.3 Å². The second-order valence-corrected chi connectivity index (χ2v) is 10.3. The van der Waals surface area contributed by atoms with Crippen molar-refractivity contribution >= 4 is 8.80 Å². The van der Waals surface area contributed by atoms with E-state index in [1.807, 2.05) is 6.92 Å². The molecule has 0 saturated carbocycles. The van der Waals surface area contributed by atoms with Crippen LogP contribution in [0, 0.1) is 5.92 Å². The smallest absolute Gasteiger partial charge is 0.462 e. The van der Waals surface area contributed by atoms with Gasteiger partial charge in [-0.2, -0.15) is 0 Å². The predicted molar refractivity (Wildman–Crippen MR) is 99.6 cm³/mol. The van der Waals surface area contributed by atoms with Gasteiger partial charge in [-0.15, -0.1) is 0 Å². The Kier molecular flexibility index (Phi) is 7.05. The molecule has 0 amide bonds. The summed E-state index contributed by atoms with van der Waals surface area (Å²) in [5, 5.41) is 0. The Morgan fingerprint density at radius 2 is 1.84 bits per heavy atom. The molecule has 0 saturated heterocycles. The minimum absolute atomic E-state index is 0.525. The van der Waals surface area contributed by atoms with Crippen LogP contribution in [-0.2, 0) is 31.0 Å². The molecular formula is C19H32O5Si. The van der Waals surface area contributed by atoms with Crippen LogP contribution in [0.3, 0.4) is 0 Å². The van der Waals surface area contributed by atoms with Crippen LogP contribution in [0.1, 0.15) is 44.7 Å². The van der Waals surface area contributed by atoms with Crippen molar-refractivity contribution in [1.82, 2.24) is 0 Å². The number of fused-ring (bicyclic) bond motifs is 1. The Bertz CT molecular complexity index is 550. The molecule has 1 atom stereocenters. The summed E-state index contributed by atoms with van der Waals surface area (Å²) in [6, 6.07) is 7.18. The van der Waals surface area contributed by atoms with Crippen molar-refractivity contribution in [2.45, 2.75) is 58.5 Å². The lowest BCUT2D eigenvalue weighted by Gasteiger charge is -2.37. The van der Waals surface area contributed by atoms with Crippen LogP contribution in [0.15, 0.2) is 18.2 Å². The van der Waals surface area contributed by atoms with E-state index >= 15 is 0 Å². The summed E-state index contributed by atoms with van der Waals surface area (Å²) < 4.78 is 28.5. The van der Waals surface area contributed by atoms with E-state index in [0.717, 1.165) is 36.6 Å². The first-order valence-electron chi connectivity index (χ1n) is 8.95. The molecule has 6 heteroatoms. The molecule has 0 bridgehead atoms. The van der Waals surface area contributed by atoms with Crippen molar-refractivity contribution in [3.05, 3.63) is 29.3 Å². The largest absolute Gasteiger partial charge is 0.500 e. The van der Waals surface area contributed by atoms with Crippen LogP contribution >= 0.6 is 0 Å². The van der Waals surface area contributed by atoms with Gasteiger partial charge >= 0.3 is 8.80 Å². The third-order valence-corrected chi connectivity index (χ3v) is 7.48. The number of benzene rings is 1. The predicted octanol–water partition coefficient (Wildman–Crippen LogP) is 4.17. The highest BCUT2D eigenvalue weighted by Gasteiger charge is 2.37. The van der Waals surface area contributed by atoms with Crippen molar-refractivity contribution in [3.8, 4) is 5.75 Å². The van der Waals surface area contributed by atoms with Gasteiger partial charge in [0.2, 0.25) is 5.79 Å². The molecule has 1 aliphatic rings. The molecule has 0 aliphatic carbocycles. The van der Waals surface area contributed by atoms with E-state index < -0.39 is 14.6 Å². The normalized spacial score (nSPS) is 20.4. The standard InChI is InChI=1S/C19H32O5Si/c1-15(2)13-19(3)23-14-17-12-16(9-10-18(17)24-19)8-7-11-25(20-4,21-5)22-6/h9-10,12,15H,7-8,11,13-14H2,1-6H3. The fraction of sp³-hybridized carbons (Fsp3) is 0.684. The van der Waals surface area contributed by atoms with Gasteiger partial charge in [-0.3, -0.25) is 0 Å².